The van der Waals surface area contributed by atoms with Gasteiger partial charge in [-0.25, -0.2) is 15.0 Å². The summed E-state index contributed by atoms with van der Waals surface area (Å²) in [7, 11) is 0. The molecular formula is C47H29N5O. The summed E-state index contributed by atoms with van der Waals surface area (Å²) < 4.78 is 6.48. The summed E-state index contributed by atoms with van der Waals surface area (Å²) in [5.74, 6) is 1.74. The van der Waals surface area contributed by atoms with Crippen LogP contribution in [0.2, 0.25) is 0 Å². The molecule has 6 heteroatoms. The average molecular weight is 680 g/mol. The van der Waals surface area contributed by atoms with Crippen LogP contribution >= 0.6 is 0 Å². The molecule has 0 saturated heterocycles. The fourth-order valence-electron chi connectivity index (χ4n) is 6.98. The maximum Gasteiger partial charge on any atom is 0.164 e. The van der Waals surface area contributed by atoms with Gasteiger partial charge in [0, 0.05) is 45.6 Å². The van der Waals surface area contributed by atoms with Crippen LogP contribution < -0.4 is 0 Å². The molecule has 248 valence electrons. The van der Waals surface area contributed by atoms with Gasteiger partial charge in [0.15, 0.2) is 23.1 Å². The van der Waals surface area contributed by atoms with E-state index >= 15 is 0 Å². The van der Waals surface area contributed by atoms with E-state index in [0.29, 0.717) is 17.5 Å². The van der Waals surface area contributed by atoms with Gasteiger partial charge in [-0.2, -0.15) is 0 Å². The maximum absolute atomic E-state index is 6.48. The third-order valence-electron chi connectivity index (χ3n) is 9.59. The van der Waals surface area contributed by atoms with Crippen molar-refractivity contribution in [2.45, 2.75) is 0 Å². The zero-order chi connectivity index (χ0) is 35.1. The lowest BCUT2D eigenvalue weighted by atomic mass is 9.94. The van der Waals surface area contributed by atoms with Gasteiger partial charge >= 0.3 is 0 Å². The van der Waals surface area contributed by atoms with Crippen LogP contribution in [0.15, 0.2) is 181 Å². The number of pyridine rings is 2. The monoisotopic (exact) mass is 679 g/mol. The number of nitrogens with zero attached hydrogens (tertiary/aromatic N) is 5. The highest BCUT2D eigenvalue weighted by Crippen LogP contribution is 2.39. The van der Waals surface area contributed by atoms with Crippen molar-refractivity contribution in [3.05, 3.63) is 176 Å². The molecule has 0 aliphatic heterocycles. The van der Waals surface area contributed by atoms with Crippen molar-refractivity contribution in [1.29, 1.82) is 0 Å². The minimum Gasteiger partial charge on any atom is -0.454 e. The van der Waals surface area contributed by atoms with Crippen LogP contribution in [0.25, 0.3) is 101 Å². The predicted octanol–water partition coefficient (Wildman–Crippen LogP) is 11.7. The topological polar surface area (TPSA) is 77.6 Å². The highest BCUT2D eigenvalue weighted by molar-refractivity contribution is 6.07. The molecule has 0 saturated carbocycles. The summed E-state index contributed by atoms with van der Waals surface area (Å²) >= 11 is 0. The summed E-state index contributed by atoms with van der Waals surface area (Å²) in [6.07, 6.45) is 3.66. The number of fused-ring (bicyclic) bond motifs is 4. The fraction of sp³-hybridized carbons (Fsp3) is 0. The summed E-state index contributed by atoms with van der Waals surface area (Å²) in [5.41, 5.74) is 10.9. The number of para-hydroxylation sites is 1. The Bertz CT molecular complexity index is 2960. The van der Waals surface area contributed by atoms with Crippen LogP contribution in [0.4, 0.5) is 0 Å². The molecule has 0 atom stereocenters. The van der Waals surface area contributed by atoms with Crippen molar-refractivity contribution >= 4 is 32.8 Å². The lowest BCUT2D eigenvalue weighted by Crippen LogP contribution is -2.01. The Morgan fingerprint density at radius 2 is 1.06 bits per heavy atom. The van der Waals surface area contributed by atoms with Gasteiger partial charge in [0.05, 0.1) is 5.69 Å². The van der Waals surface area contributed by atoms with Gasteiger partial charge in [-0.3, -0.25) is 9.97 Å². The normalized spacial score (nSPS) is 11.4. The van der Waals surface area contributed by atoms with E-state index in [1.54, 1.807) is 6.20 Å². The first-order valence-corrected chi connectivity index (χ1v) is 17.5. The molecule has 0 radical (unpaired) electrons. The standard InChI is InChI=1S/C47H29N5O/c1-2-12-31(13-3-1)45-50-46(35-16-10-15-34(26-35)41-18-8-9-23-48-41)52-47(51-45)38-28-36(33-21-20-30-11-4-5-14-32(30)25-33)27-37(29-38)39-22-24-49-43-40-17-6-7-19-42(40)53-44(39)43/h1-29H. The van der Waals surface area contributed by atoms with E-state index < -0.39 is 0 Å². The van der Waals surface area contributed by atoms with Crippen LogP contribution in [0.5, 0.6) is 0 Å². The minimum absolute atomic E-state index is 0.566. The number of benzene rings is 6. The molecular weight excluding hydrogens is 651 g/mol. The predicted molar refractivity (Wildman–Crippen MR) is 213 cm³/mol. The molecule has 0 bridgehead atoms. The molecule has 0 N–H and O–H groups in total. The number of furan rings is 1. The second-order valence-electron chi connectivity index (χ2n) is 13.0. The van der Waals surface area contributed by atoms with Crippen molar-refractivity contribution in [2.75, 3.05) is 0 Å². The summed E-state index contributed by atoms with van der Waals surface area (Å²) in [5, 5.41) is 3.34. The van der Waals surface area contributed by atoms with Gasteiger partial charge in [-0.15, -0.1) is 0 Å². The molecule has 10 rings (SSSR count). The van der Waals surface area contributed by atoms with E-state index in [2.05, 4.69) is 83.8 Å². The number of hydrogen-bond donors (Lipinski definition) is 0. The first-order chi connectivity index (χ1) is 26.2. The zero-order valence-corrected chi connectivity index (χ0v) is 28.4. The zero-order valence-electron chi connectivity index (χ0n) is 28.4. The van der Waals surface area contributed by atoms with Crippen LogP contribution in [0, 0.1) is 0 Å². The Balaban J connectivity index is 1.21. The van der Waals surface area contributed by atoms with Gasteiger partial charge in [0.1, 0.15) is 11.1 Å². The Morgan fingerprint density at radius 1 is 0.377 bits per heavy atom. The average Bonchev–Trinajstić information content (AvgIpc) is 3.63. The van der Waals surface area contributed by atoms with Crippen LogP contribution in [-0.2, 0) is 0 Å². The lowest BCUT2D eigenvalue weighted by molar-refractivity contribution is 0.669. The third kappa shape index (κ3) is 5.69. The lowest BCUT2D eigenvalue weighted by Gasteiger charge is -2.13. The van der Waals surface area contributed by atoms with Crippen molar-refractivity contribution in [2.24, 2.45) is 0 Å². The van der Waals surface area contributed by atoms with Crippen molar-refractivity contribution in [3.8, 4) is 67.7 Å². The highest BCUT2D eigenvalue weighted by Gasteiger charge is 2.18. The number of hydrogen-bond acceptors (Lipinski definition) is 6. The van der Waals surface area contributed by atoms with Crippen molar-refractivity contribution in [1.82, 2.24) is 24.9 Å². The van der Waals surface area contributed by atoms with Gasteiger partial charge in [-0.05, 0) is 88.1 Å². The largest absolute Gasteiger partial charge is 0.454 e. The first kappa shape index (κ1) is 30.5. The molecule has 0 spiro atoms. The highest BCUT2D eigenvalue weighted by atomic mass is 16.3. The van der Waals surface area contributed by atoms with Gasteiger partial charge in [0.2, 0.25) is 0 Å². The summed E-state index contributed by atoms with van der Waals surface area (Å²) in [6, 6.07) is 55.7. The molecule has 6 aromatic carbocycles. The molecule has 0 aliphatic carbocycles. The number of aromatic nitrogens is 5. The van der Waals surface area contributed by atoms with E-state index in [1.165, 1.54) is 10.8 Å². The third-order valence-corrected chi connectivity index (χ3v) is 9.59. The fourth-order valence-corrected chi connectivity index (χ4v) is 6.98. The van der Waals surface area contributed by atoms with Gasteiger partial charge < -0.3 is 4.42 Å². The van der Waals surface area contributed by atoms with Gasteiger partial charge in [0.25, 0.3) is 0 Å². The van der Waals surface area contributed by atoms with E-state index in [4.69, 9.17) is 24.4 Å². The van der Waals surface area contributed by atoms with Crippen LogP contribution in [-0.4, -0.2) is 24.9 Å². The molecule has 4 aromatic heterocycles. The molecule has 53 heavy (non-hydrogen) atoms. The van der Waals surface area contributed by atoms with Gasteiger partial charge in [-0.1, -0.05) is 103 Å². The molecule has 6 nitrogen and oxygen atoms in total. The van der Waals surface area contributed by atoms with E-state index in [1.807, 2.05) is 91.1 Å². The molecule has 4 heterocycles. The quantitative estimate of drug-likeness (QED) is 0.174. The molecule has 0 fully saturated rings. The number of rotatable bonds is 6. The van der Waals surface area contributed by atoms with Crippen LogP contribution in [0.3, 0.4) is 0 Å². The molecule has 0 amide bonds. The molecule has 0 aliphatic rings. The summed E-state index contributed by atoms with van der Waals surface area (Å²) in [6.45, 7) is 0. The van der Waals surface area contributed by atoms with E-state index in [0.717, 1.165) is 72.3 Å². The Morgan fingerprint density at radius 3 is 1.92 bits per heavy atom. The van der Waals surface area contributed by atoms with Crippen molar-refractivity contribution in [3.63, 3.8) is 0 Å². The van der Waals surface area contributed by atoms with Crippen molar-refractivity contribution < 1.29 is 4.42 Å². The van der Waals surface area contributed by atoms with E-state index in [9.17, 15) is 0 Å². The Kier molecular flexibility index (Phi) is 7.36. The molecule has 0 unspecified atom stereocenters. The second kappa shape index (κ2) is 12.8. The Hall–Kier alpha value is -7.31. The smallest absolute Gasteiger partial charge is 0.164 e. The molecule has 10 aromatic rings. The Labute approximate surface area is 305 Å². The SMILES string of the molecule is c1ccc(-c2nc(-c3cccc(-c4ccccn4)c3)nc(-c3cc(-c4ccc5ccccc5c4)cc(-c4ccnc5c4oc4ccccc45)c3)n2)cc1. The van der Waals surface area contributed by atoms with E-state index in [-0.39, 0.29) is 0 Å². The minimum atomic E-state index is 0.566. The summed E-state index contributed by atoms with van der Waals surface area (Å²) in [4.78, 5) is 24.6. The first-order valence-electron chi connectivity index (χ1n) is 17.5. The van der Waals surface area contributed by atoms with Crippen LogP contribution in [0.1, 0.15) is 0 Å². The maximum atomic E-state index is 6.48. The second-order valence-corrected chi connectivity index (χ2v) is 13.0.